The van der Waals surface area contributed by atoms with Crippen LogP contribution in [-0.4, -0.2) is 14.5 Å². The Hall–Kier alpha value is -0.870. The van der Waals surface area contributed by atoms with Gasteiger partial charge in [0.15, 0.2) is 0 Å². The van der Waals surface area contributed by atoms with Crippen molar-refractivity contribution in [2.45, 2.75) is 31.8 Å². The summed E-state index contributed by atoms with van der Waals surface area (Å²) in [6.07, 6.45) is 7.91. The number of hydrogen-bond donors (Lipinski definition) is 1. The maximum absolute atomic E-state index is 10.5. The van der Waals surface area contributed by atoms with Crippen molar-refractivity contribution in [3.05, 3.63) is 34.8 Å². The number of rotatable bonds is 2. The van der Waals surface area contributed by atoms with Crippen molar-refractivity contribution in [1.29, 1.82) is 0 Å². The van der Waals surface area contributed by atoms with E-state index in [4.69, 9.17) is 0 Å². The summed E-state index contributed by atoms with van der Waals surface area (Å²) in [5.74, 6) is 0.388. The van der Waals surface area contributed by atoms with Crippen LogP contribution in [0.3, 0.4) is 0 Å². The van der Waals surface area contributed by atoms with Crippen molar-refractivity contribution in [2.75, 3.05) is 0 Å². The third-order valence-corrected chi connectivity index (χ3v) is 4.37. The molecule has 1 aliphatic carbocycles. The van der Waals surface area contributed by atoms with Crippen LogP contribution in [0.2, 0.25) is 0 Å². The molecule has 1 unspecified atom stereocenters. The molecule has 1 fully saturated rings. The van der Waals surface area contributed by atoms with Crippen molar-refractivity contribution >= 4 is 21.4 Å². The molecule has 2 aromatic rings. The van der Waals surface area contributed by atoms with E-state index in [1.165, 1.54) is 12.8 Å². The van der Waals surface area contributed by atoms with E-state index in [1.54, 1.807) is 6.33 Å². The Bertz CT molecular complexity index is 531. The molecule has 0 bridgehead atoms. The second-order valence-electron chi connectivity index (χ2n) is 4.74. The number of aromatic nitrogens is 2. The predicted molar refractivity (Wildman–Crippen MR) is 69.8 cm³/mol. The molecule has 0 radical (unpaired) electrons. The number of fused-ring (bicyclic) bond motifs is 1. The summed E-state index contributed by atoms with van der Waals surface area (Å²) in [6.45, 7) is 0. The van der Waals surface area contributed by atoms with Crippen molar-refractivity contribution in [3.8, 4) is 0 Å². The number of aliphatic hydroxyl groups is 1. The molecule has 90 valence electrons. The second kappa shape index (κ2) is 4.42. The zero-order chi connectivity index (χ0) is 11.8. The monoisotopic (exact) mass is 294 g/mol. The molecule has 2 aromatic heterocycles. The van der Waals surface area contributed by atoms with Gasteiger partial charge in [-0.3, -0.25) is 4.40 Å². The Labute approximate surface area is 109 Å². The Morgan fingerprint density at radius 1 is 1.35 bits per heavy atom. The first-order valence-electron chi connectivity index (χ1n) is 6.06. The van der Waals surface area contributed by atoms with Gasteiger partial charge in [-0.25, -0.2) is 4.98 Å². The van der Waals surface area contributed by atoms with Gasteiger partial charge in [0.05, 0.1) is 29.8 Å². The number of halogens is 1. The van der Waals surface area contributed by atoms with Crippen molar-refractivity contribution in [2.24, 2.45) is 5.92 Å². The standard InChI is InChI=1S/C13H15BrN2O/c14-11-6-5-10-7-15-8-16(10)12(11)13(17)9-3-1-2-4-9/h5-9,13,17H,1-4H2. The van der Waals surface area contributed by atoms with Crippen LogP contribution in [0.15, 0.2) is 29.1 Å². The van der Waals surface area contributed by atoms with Crippen molar-refractivity contribution in [1.82, 2.24) is 9.38 Å². The average molecular weight is 295 g/mol. The number of aliphatic hydroxyl groups excluding tert-OH is 1. The molecule has 2 heterocycles. The maximum atomic E-state index is 10.5. The van der Waals surface area contributed by atoms with E-state index < -0.39 is 6.10 Å². The summed E-state index contributed by atoms with van der Waals surface area (Å²) in [6, 6.07) is 3.99. The molecule has 1 saturated carbocycles. The Morgan fingerprint density at radius 2 is 2.12 bits per heavy atom. The minimum Gasteiger partial charge on any atom is -0.387 e. The zero-order valence-corrected chi connectivity index (χ0v) is 11.1. The SMILES string of the molecule is OC(c1c(Br)ccc2cncn12)C1CCCC1. The lowest BCUT2D eigenvalue weighted by atomic mass is 9.97. The van der Waals surface area contributed by atoms with E-state index in [0.29, 0.717) is 5.92 Å². The van der Waals surface area contributed by atoms with Gasteiger partial charge in [0.1, 0.15) is 0 Å². The summed E-state index contributed by atoms with van der Waals surface area (Å²) >= 11 is 3.54. The average Bonchev–Trinajstić information content (AvgIpc) is 2.98. The molecule has 1 N–H and O–H groups in total. The van der Waals surface area contributed by atoms with Crippen LogP contribution < -0.4 is 0 Å². The lowest BCUT2D eigenvalue weighted by Crippen LogP contribution is -2.13. The maximum Gasteiger partial charge on any atom is 0.0995 e. The number of imidazole rings is 1. The van der Waals surface area contributed by atoms with Gasteiger partial charge < -0.3 is 5.11 Å². The normalized spacial score (nSPS) is 18.9. The van der Waals surface area contributed by atoms with Gasteiger partial charge in [-0.05, 0) is 46.8 Å². The van der Waals surface area contributed by atoms with Crippen LogP contribution >= 0.6 is 15.9 Å². The smallest absolute Gasteiger partial charge is 0.0995 e. The molecule has 1 aliphatic rings. The van der Waals surface area contributed by atoms with E-state index in [-0.39, 0.29) is 0 Å². The second-order valence-corrected chi connectivity index (χ2v) is 5.60. The summed E-state index contributed by atoms with van der Waals surface area (Å²) in [5.41, 5.74) is 1.96. The fraction of sp³-hybridized carbons (Fsp3) is 0.462. The predicted octanol–water partition coefficient (Wildman–Crippen LogP) is 3.32. The number of pyridine rings is 1. The van der Waals surface area contributed by atoms with Crippen LogP contribution in [0.4, 0.5) is 0 Å². The van der Waals surface area contributed by atoms with Crippen molar-refractivity contribution < 1.29 is 5.11 Å². The fourth-order valence-electron chi connectivity index (χ4n) is 2.77. The van der Waals surface area contributed by atoms with Gasteiger partial charge in [0.25, 0.3) is 0 Å². The van der Waals surface area contributed by atoms with Crippen LogP contribution in [-0.2, 0) is 0 Å². The zero-order valence-electron chi connectivity index (χ0n) is 9.51. The van der Waals surface area contributed by atoms with Crippen LogP contribution in [0.1, 0.15) is 37.5 Å². The molecule has 4 heteroatoms. The summed E-state index contributed by atoms with van der Waals surface area (Å²) in [5, 5.41) is 10.5. The first-order valence-corrected chi connectivity index (χ1v) is 6.85. The summed E-state index contributed by atoms with van der Waals surface area (Å²) in [4.78, 5) is 4.14. The highest BCUT2D eigenvalue weighted by molar-refractivity contribution is 9.10. The topological polar surface area (TPSA) is 37.5 Å². The van der Waals surface area contributed by atoms with Crippen LogP contribution in [0.5, 0.6) is 0 Å². The molecule has 0 aliphatic heterocycles. The molecular weight excluding hydrogens is 280 g/mol. The molecule has 17 heavy (non-hydrogen) atoms. The quantitative estimate of drug-likeness (QED) is 0.923. The van der Waals surface area contributed by atoms with E-state index in [1.807, 2.05) is 22.7 Å². The van der Waals surface area contributed by atoms with E-state index in [9.17, 15) is 5.11 Å². The van der Waals surface area contributed by atoms with E-state index >= 15 is 0 Å². The van der Waals surface area contributed by atoms with Crippen LogP contribution in [0, 0.1) is 5.92 Å². The molecule has 0 spiro atoms. The van der Waals surface area contributed by atoms with E-state index in [2.05, 4.69) is 20.9 Å². The molecule has 3 rings (SSSR count). The minimum atomic E-state index is -0.398. The minimum absolute atomic E-state index is 0.388. The molecule has 0 amide bonds. The first kappa shape index (κ1) is 11.2. The first-order chi connectivity index (χ1) is 8.27. The van der Waals surface area contributed by atoms with Gasteiger partial charge in [0.2, 0.25) is 0 Å². The lowest BCUT2D eigenvalue weighted by Gasteiger charge is -2.20. The summed E-state index contributed by atoms with van der Waals surface area (Å²) in [7, 11) is 0. The lowest BCUT2D eigenvalue weighted by molar-refractivity contribution is 0.105. The highest BCUT2D eigenvalue weighted by atomic mass is 79.9. The Balaban J connectivity index is 2.08. The van der Waals surface area contributed by atoms with Gasteiger partial charge in [-0.2, -0.15) is 0 Å². The number of hydrogen-bond acceptors (Lipinski definition) is 2. The van der Waals surface area contributed by atoms with Gasteiger partial charge in [0, 0.05) is 4.47 Å². The molecule has 0 saturated heterocycles. The Morgan fingerprint density at radius 3 is 2.88 bits per heavy atom. The highest BCUT2D eigenvalue weighted by Gasteiger charge is 2.27. The largest absolute Gasteiger partial charge is 0.387 e. The summed E-state index contributed by atoms with van der Waals surface area (Å²) < 4.78 is 2.94. The van der Waals surface area contributed by atoms with Crippen molar-refractivity contribution in [3.63, 3.8) is 0 Å². The molecular formula is C13H15BrN2O. The molecule has 3 nitrogen and oxygen atoms in total. The molecule has 1 atom stereocenters. The molecule has 0 aromatic carbocycles. The third kappa shape index (κ3) is 1.89. The van der Waals surface area contributed by atoms with Gasteiger partial charge >= 0.3 is 0 Å². The fourth-order valence-corrected chi connectivity index (χ4v) is 3.33. The van der Waals surface area contributed by atoms with Gasteiger partial charge in [-0.15, -0.1) is 0 Å². The van der Waals surface area contributed by atoms with Crippen LogP contribution in [0.25, 0.3) is 5.52 Å². The number of nitrogens with zero attached hydrogens (tertiary/aromatic N) is 2. The third-order valence-electron chi connectivity index (χ3n) is 3.70. The highest BCUT2D eigenvalue weighted by Crippen LogP contribution is 2.38. The van der Waals surface area contributed by atoms with E-state index in [0.717, 1.165) is 28.5 Å². The Kier molecular flexibility index (Phi) is 2.92. The van der Waals surface area contributed by atoms with Gasteiger partial charge in [-0.1, -0.05) is 12.8 Å².